The van der Waals surface area contributed by atoms with Gasteiger partial charge in [-0.3, -0.25) is 9.63 Å². The summed E-state index contributed by atoms with van der Waals surface area (Å²) >= 11 is 4.94. The van der Waals surface area contributed by atoms with Crippen molar-refractivity contribution in [3.8, 4) is 0 Å². The molecule has 0 saturated carbocycles. The first-order valence-corrected chi connectivity index (χ1v) is 5.66. The summed E-state index contributed by atoms with van der Waals surface area (Å²) in [5.41, 5.74) is 0.0288. The largest absolute Gasteiger partial charge is 0.453 e. The molecule has 1 amide bonds. The molecule has 5 heteroatoms. The van der Waals surface area contributed by atoms with E-state index in [1.54, 1.807) is 13.8 Å². The summed E-state index contributed by atoms with van der Waals surface area (Å²) in [7, 11) is 0. The Labute approximate surface area is 105 Å². The van der Waals surface area contributed by atoms with E-state index in [2.05, 4.69) is 0 Å². The molecular formula is C12H13NO3S. The minimum absolute atomic E-state index is 0.0657. The minimum atomic E-state index is -0.937. The third kappa shape index (κ3) is 2.45. The third-order valence-electron chi connectivity index (χ3n) is 2.41. The predicted octanol–water partition coefficient (Wildman–Crippen LogP) is 2.04. The fourth-order valence-electron chi connectivity index (χ4n) is 1.46. The number of carbonyl (C=O) groups excluding carboxylic acids is 1. The van der Waals surface area contributed by atoms with Crippen molar-refractivity contribution in [3.63, 3.8) is 0 Å². The molecule has 0 spiro atoms. The molecule has 90 valence electrons. The lowest BCUT2D eigenvalue weighted by molar-refractivity contribution is -0.166. The number of ether oxygens (including phenoxy) is 1. The molecule has 1 fully saturated rings. The molecule has 2 rings (SSSR count). The molecule has 1 aliphatic rings. The molecule has 0 unspecified atom stereocenters. The number of rotatable bonds is 3. The van der Waals surface area contributed by atoms with Gasteiger partial charge in [-0.05, 0) is 31.6 Å². The molecule has 0 aliphatic carbocycles. The van der Waals surface area contributed by atoms with Gasteiger partial charge >= 0.3 is 0 Å². The first-order valence-electron chi connectivity index (χ1n) is 5.25. The van der Waals surface area contributed by atoms with E-state index in [1.807, 2.05) is 30.3 Å². The van der Waals surface area contributed by atoms with Crippen LogP contribution in [0.15, 0.2) is 30.3 Å². The lowest BCUT2D eigenvalue weighted by atomic mass is 10.1. The van der Waals surface area contributed by atoms with Gasteiger partial charge in [-0.25, -0.2) is 0 Å². The third-order valence-corrected chi connectivity index (χ3v) is 2.66. The summed E-state index contributed by atoms with van der Waals surface area (Å²) in [4.78, 5) is 17.2. The molecule has 1 aromatic rings. The predicted molar refractivity (Wildman–Crippen MR) is 65.8 cm³/mol. The van der Waals surface area contributed by atoms with Crippen molar-refractivity contribution in [1.29, 1.82) is 0 Å². The number of thiocarbonyl (C=S) groups is 1. The van der Waals surface area contributed by atoms with Crippen LogP contribution >= 0.6 is 12.2 Å². The van der Waals surface area contributed by atoms with Crippen molar-refractivity contribution in [3.05, 3.63) is 35.9 Å². The van der Waals surface area contributed by atoms with Gasteiger partial charge in [0.15, 0.2) is 5.60 Å². The summed E-state index contributed by atoms with van der Waals surface area (Å²) in [5, 5.41) is 1.11. The topological polar surface area (TPSA) is 38.8 Å². The average Bonchev–Trinajstić information content (AvgIpc) is 2.48. The second kappa shape index (κ2) is 4.43. The van der Waals surface area contributed by atoms with Gasteiger partial charge in [0.1, 0.15) is 6.61 Å². The molecule has 0 bridgehead atoms. The fourth-order valence-corrected chi connectivity index (χ4v) is 1.80. The smallest absolute Gasteiger partial charge is 0.297 e. The molecule has 4 nitrogen and oxygen atoms in total. The van der Waals surface area contributed by atoms with Gasteiger partial charge in [-0.15, -0.1) is 5.06 Å². The number of carbonyl (C=O) groups is 1. The Morgan fingerprint density at radius 2 is 2.00 bits per heavy atom. The van der Waals surface area contributed by atoms with Crippen LogP contribution in [0.5, 0.6) is 0 Å². The number of benzene rings is 1. The van der Waals surface area contributed by atoms with Gasteiger partial charge in [-0.1, -0.05) is 30.3 Å². The maximum Gasteiger partial charge on any atom is 0.297 e. The summed E-state index contributed by atoms with van der Waals surface area (Å²) in [5.74, 6) is -0.279. The highest BCUT2D eigenvalue weighted by atomic mass is 32.1. The van der Waals surface area contributed by atoms with E-state index in [0.29, 0.717) is 0 Å². The van der Waals surface area contributed by atoms with Crippen LogP contribution in [-0.4, -0.2) is 21.7 Å². The van der Waals surface area contributed by atoms with Crippen molar-refractivity contribution in [2.75, 3.05) is 0 Å². The van der Waals surface area contributed by atoms with Crippen LogP contribution in [0.2, 0.25) is 0 Å². The normalized spacial score (nSPS) is 18.4. The quantitative estimate of drug-likeness (QED) is 0.771. The molecule has 0 N–H and O–H groups in total. The number of hydroxylamine groups is 2. The number of amides is 1. The van der Waals surface area contributed by atoms with Crippen molar-refractivity contribution < 1.29 is 14.4 Å². The molecule has 0 radical (unpaired) electrons. The van der Waals surface area contributed by atoms with Crippen LogP contribution in [0.3, 0.4) is 0 Å². The molecule has 17 heavy (non-hydrogen) atoms. The lowest BCUT2D eigenvalue weighted by Crippen LogP contribution is -2.36. The highest BCUT2D eigenvalue weighted by molar-refractivity contribution is 7.80. The van der Waals surface area contributed by atoms with Gasteiger partial charge < -0.3 is 4.74 Å². The molecule has 0 atom stereocenters. The monoisotopic (exact) mass is 251 g/mol. The SMILES string of the molecule is CC1(C)OC(=S)N(OCc2ccccc2)C1=O. The van der Waals surface area contributed by atoms with Gasteiger partial charge in [-0.2, -0.15) is 0 Å². The molecule has 1 heterocycles. The van der Waals surface area contributed by atoms with Crippen LogP contribution in [0.1, 0.15) is 19.4 Å². The van der Waals surface area contributed by atoms with Gasteiger partial charge in [0.05, 0.1) is 0 Å². The minimum Gasteiger partial charge on any atom is -0.453 e. The maximum absolute atomic E-state index is 11.8. The average molecular weight is 251 g/mol. The highest BCUT2D eigenvalue weighted by Gasteiger charge is 2.45. The molecule has 0 aromatic heterocycles. The van der Waals surface area contributed by atoms with E-state index in [0.717, 1.165) is 10.6 Å². The second-order valence-electron chi connectivity index (χ2n) is 4.24. The Morgan fingerprint density at radius 1 is 1.35 bits per heavy atom. The summed E-state index contributed by atoms with van der Waals surface area (Å²) < 4.78 is 5.24. The fraction of sp³-hybridized carbons (Fsp3) is 0.333. The Bertz CT molecular complexity index is 444. The Kier molecular flexibility index (Phi) is 3.13. The van der Waals surface area contributed by atoms with Crippen molar-refractivity contribution in [2.45, 2.75) is 26.1 Å². The number of hydrogen-bond acceptors (Lipinski definition) is 4. The summed E-state index contributed by atoms with van der Waals surface area (Å²) in [6.45, 7) is 3.60. The van der Waals surface area contributed by atoms with Crippen molar-refractivity contribution in [1.82, 2.24) is 5.06 Å². The summed E-state index contributed by atoms with van der Waals surface area (Å²) in [6, 6.07) is 9.55. The van der Waals surface area contributed by atoms with E-state index in [9.17, 15) is 4.79 Å². The number of hydrogen-bond donors (Lipinski definition) is 0. The van der Waals surface area contributed by atoms with Crippen LogP contribution in [0, 0.1) is 0 Å². The van der Waals surface area contributed by atoms with Crippen molar-refractivity contribution in [2.24, 2.45) is 0 Å². The zero-order valence-electron chi connectivity index (χ0n) is 9.67. The standard InChI is InChI=1S/C12H13NO3S/c1-12(2)10(14)13(11(17)16-12)15-8-9-6-4-3-5-7-9/h3-7H,8H2,1-2H3. The van der Waals surface area contributed by atoms with Crippen LogP contribution in [0.4, 0.5) is 0 Å². The molecule has 1 aliphatic heterocycles. The summed E-state index contributed by atoms with van der Waals surface area (Å²) in [6.07, 6.45) is 0. The van der Waals surface area contributed by atoms with Crippen LogP contribution in [0.25, 0.3) is 0 Å². The number of nitrogens with zero attached hydrogens (tertiary/aromatic N) is 1. The van der Waals surface area contributed by atoms with Gasteiger partial charge in [0, 0.05) is 0 Å². The lowest BCUT2D eigenvalue weighted by Gasteiger charge is -2.14. The van der Waals surface area contributed by atoms with Crippen LogP contribution in [-0.2, 0) is 21.0 Å². The maximum atomic E-state index is 11.8. The Morgan fingerprint density at radius 3 is 2.53 bits per heavy atom. The van der Waals surface area contributed by atoms with E-state index < -0.39 is 5.60 Å². The van der Waals surface area contributed by atoms with E-state index in [4.69, 9.17) is 21.8 Å². The molecule has 1 saturated heterocycles. The first kappa shape index (κ1) is 12.0. The Hall–Kier alpha value is -1.46. The van der Waals surface area contributed by atoms with E-state index in [-0.39, 0.29) is 17.7 Å². The van der Waals surface area contributed by atoms with Gasteiger partial charge in [0.2, 0.25) is 0 Å². The second-order valence-corrected chi connectivity index (χ2v) is 4.59. The molecular weight excluding hydrogens is 238 g/mol. The van der Waals surface area contributed by atoms with Crippen molar-refractivity contribution >= 4 is 23.3 Å². The molecule has 1 aromatic carbocycles. The highest BCUT2D eigenvalue weighted by Crippen LogP contribution is 2.24. The van der Waals surface area contributed by atoms with E-state index in [1.165, 1.54) is 0 Å². The van der Waals surface area contributed by atoms with Crippen LogP contribution < -0.4 is 0 Å². The zero-order chi connectivity index (χ0) is 12.5. The van der Waals surface area contributed by atoms with Gasteiger partial charge in [0.25, 0.3) is 11.1 Å². The zero-order valence-corrected chi connectivity index (χ0v) is 10.5. The first-order chi connectivity index (χ1) is 8.00. The Balaban J connectivity index is 2.01. The van der Waals surface area contributed by atoms with E-state index >= 15 is 0 Å².